The van der Waals surface area contributed by atoms with Gasteiger partial charge in [0.2, 0.25) is 5.91 Å². The molecule has 7 nitrogen and oxygen atoms in total. The molecule has 0 saturated carbocycles. The van der Waals surface area contributed by atoms with Crippen molar-refractivity contribution in [3.63, 3.8) is 0 Å². The van der Waals surface area contributed by atoms with E-state index in [1.807, 2.05) is 30.3 Å². The normalized spacial score (nSPS) is 13.2. The Hall–Kier alpha value is -3.48. The predicted octanol–water partition coefficient (Wildman–Crippen LogP) is 1.58. The second-order valence-electron chi connectivity index (χ2n) is 5.70. The van der Waals surface area contributed by atoms with Gasteiger partial charge in [-0.05, 0) is 29.8 Å². The van der Waals surface area contributed by atoms with Crippen LogP contribution >= 0.6 is 0 Å². The summed E-state index contributed by atoms with van der Waals surface area (Å²) < 4.78 is 5.03. The van der Waals surface area contributed by atoms with E-state index in [4.69, 9.17) is 10.5 Å². The Bertz CT molecular complexity index is 860. The lowest BCUT2D eigenvalue weighted by molar-refractivity contribution is -0.134. The van der Waals surface area contributed by atoms with E-state index in [0.29, 0.717) is 13.0 Å². The summed E-state index contributed by atoms with van der Waals surface area (Å²) in [6.07, 6.45) is 0.651. The highest BCUT2D eigenvalue weighted by molar-refractivity contribution is 6.02. The Balaban J connectivity index is 1.56. The largest absolute Gasteiger partial charge is 0.452 e. The van der Waals surface area contributed by atoms with E-state index in [0.717, 1.165) is 11.3 Å². The molecule has 1 aliphatic rings. The molecule has 3 rings (SSSR count). The highest BCUT2D eigenvalue weighted by Gasteiger charge is 2.22. The van der Waals surface area contributed by atoms with Crippen LogP contribution in [-0.4, -0.2) is 41.7 Å². The number of benzene rings is 2. The summed E-state index contributed by atoms with van der Waals surface area (Å²) in [5.41, 5.74) is 7.46. The minimum Gasteiger partial charge on any atom is -0.452 e. The first kappa shape index (κ1) is 17.3. The highest BCUT2D eigenvalue weighted by atomic mass is 16.5. The van der Waals surface area contributed by atoms with E-state index >= 15 is 0 Å². The van der Waals surface area contributed by atoms with Crippen LogP contribution in [0.15, 0.2) is 59.7 Å². The fraction of sp³-hybridized carbons (Fsp3) is 0.158. The lowest BCUT2D eigenvalue weighted by atomic mass is 10.1. The summed E-state index contributed by atoms with van der Waals surface area (Å²) in [5, 5.41) is 5.61. The van der Waals surface area contributed by atoms with Crippen molar-refractivity contribution in [3.8, 4) is 0 Å². The Morgan fingerprint density at radius 3 is 2.31 bits per heavy atom. The maximum Gasteiger partial charge on any atom is 0.338 e. The molecule has 2 aromatic carbocycles. The molecule has 0 bridgehead atoms. The van der Waals surface area contributed by atoms with Crippen molar-refractivity contribution in [2.24, 2.45) is 10.8 Å². The van der Waals surface area contributed by atoms with Crippen molar-refractivity contribution in [2.75, 3.05) is 13.2 Å². The van der Waals surface area contributed by atoms with Gasteiger partial charge in [-0.15, -0.1) is 0 Å². The molecule has 7 heteroatoms. The predicted molar refractivity (Wildman–Crippen MR) is 94.6 cm³/mol. The average Bonchev–Trinajstić information content (AvgIpc) is 3.17. The molecular formula is C19H17N3O4. The summed E-state index contributed by atoms with van der Waals surface area (Å²) in [4.78, 5) is 35.2. The third kappa shape index (κ3) is 3.94. The molecule has 0 fully saturated rings. The highest BCUT2D eigenvalue weighted by Crippen LogP contribution is 2.14. The van der Waals surface area contributed by atoms with E-state index in [-0.39, 0.29) is 11.1 Å². The topological polar surface area (TPSA) is 102 Å². The number of esters is 1. The van der Waals surface area contributed by atoms with Crippen molar-refractivity contribution in [1.82, 2.24) is 5.01 Å². The summed E-state index contributed by atoms with van der Waals surface area (Å²) in [7, 11) is 0. The molecule has 0 atom stereocenters. The van der Waals surface area contributed by atoms with Crippen LogP contribution in [0.25, 0.3) is 0 Å². The standard InChI is InChI=1S/C19H17N3O4/c20-18(24)14-6-8-15(9-7-14)19(25)26-12-17(23)22-11-10-16(21-22)13-4-2-1-3-5-13/h1-9H,10-12H2,(H2,20,24). The first-order valence-corrected chi connectivity index (χ1v) is 8.05. The number of primary amides is 1. The first-order valence-electron chi connectivity index (χ1n) is 8.05. The number of hydrazone groups is 1. The van der Waals surface area contributed by atoms with Crippen LogP contribution in [-0.2, 0) is 9.53 Å². The summed E-state index contributed by atoms with van der Waals surface area (Å²) in [5.74, 6) is -1.62. The van der Waals surface area contributed by atoms with Gasteiger partial charge in [0, 0.05) is 12.0 Å². The maximum absolute atomic E-state index is 12.2. The zero-order valence-electron chi connectivity index (χ0n) is 13.9. The number of carbonyl (C=O) groups is 3. The van der Waals surface area contributed by atoms with Gasteiger partial charge >= 0.3 is 5.97 Å². The molecule has 1 aliphatic heterocycles. The number of carbonyl (C=O) groups excluding carboxylic acids is 3. The van der Waals surface area contributed by atoms with Gasteiger partial charge in [-0.25, -0.2) is 9.80 Å². The molecule has 2 N–H and O–H groups in total. The average molecular weight is 351 g/mol. The van der Waals surface area contributed by atoms with Gasteiger partial charge in [-0.3, -0.25) is 9.59 Å². The Labute approximate surface area is 150 Å². The number of ether oxygens (including phenoxy) is 1. The molecule has 0 unspecified atom stereocenters. The quantitative estimate of drug-likeness (QED) is 0.826. The Kier molecular flexibility index (Phi) is 5.07. The molecule has 0 spiro atoms. The van der Waals surface area contributed by atoms with Crippen LogP contribution in [0.3, 0.4) is 0 Å². The van der Waals surface area contributed by atoms with Crippen molar-refractivity contribution in [1.29, 1.82) is 0 Å². The molecule has 132 valence electrons. The minimum absolute atomic E-state index is 0.234. The second kappa shape index (κ2) is 7.60. The maximum atomic E-state index is 12.2. The number of nitrogens with two attached hydrogens (primary N) is 1. The number of amides is 2. The minimum atomic E-state index is -0.652. The first-order chi connectivity index (χ1) is 12.5. The van der Waals surface area contributed by atoms with Gasteiger partial charge in [0.1, 0.15) is 0 Å². The van der Waals surface area contributed by atoms with Gasteiger partial charge in [-0.2, -0.15) is 5.10 Å². The Morgan fingerprint density at radius 2 is 1.65 bits per heavy atom. The summed E-state index contributed by atoms with van der Waals surface area (Å²) in [6, 6.07) is 15.3. The zero-order valence-corrected chi connectivity index (χ0v) is 13.9. The molecule has 1 heterocycles. The van der Waals surface area contributed by atoms with Crippen molar-refractivity contribution < 1.29 is 19.1 Å². The zero-order chi connectivity index (χ0) is 18.5. The lowest BCUT2D eigenvalue weighted by Gasteiger charge is -2.11. The smallest absolute Gasteiger partial charge is 0.338 e. The fourth-order valence-electron chi connectivity index (χ4n) is 2.53. The lowest BCUT2D eigenvalue weighted by Crippen LogP contribution is -2.28. The third-order valence-corrected chi connectivity index (χ3v) is 3.93. The molecular weight excluding hydrogens is 334 g/mol. The van der Waals surface area contributed by atoms with Crippen LogP contribution < -0.4 is 5.73 Å². The van der Waals surface area contributed by atoms with E-state index < -0.39 is 24.4 Å². The molecule has 0 saturated heterocycles. The SMILES string of the molecule is NC(=O)c1ccc(C(=O)OCC(=O)N2CCC(c3ccccc3)=N2)cc1. The summed E-state index contributed by atoms with van der Waals surface area (Å²) >= 11 is 0. The van der Waals surface area contributed by atoms with Gasteiger partial charge in [0.05, 0.1) is 17.8 Å². The number of hydrogen-bond acceptors (Lipinski definition) is 5. The van der Waals surface area contributed by atoms with E-state index in [9.17, 15) is 14.4 Å². The molecule has 2 amide bonds. The molecule has 0 aliphatic carbocycles. The summed E-state index contributed by atoms with van der Waals surface area (Å²) in [6.45, 7) is 0.0515. The van der Waals surface area contributed by atoms with E-state index in [2.05, 4.69) is 5.10 Å². The number of rotatable bonds is 5. The second-order valence-corrected chi connectivity index (χ2v) is 5.70. The molecule has 0 aromatic heterocycles. The Morgan fingerprint density at radius 1 is 1.00 bits per heavy atom. The van der Waals surface area contributed by atoms with Crippen LogP contribution in [0.1, 0.15) is 32.7 Å². The fourth-order valence-corrected chi connectivity index (χ4v) is 2.53. The molecule has 2 aromatic rings. The molecule has 26 heavy (non-hydrogen) atoms. The van der Waals surface area contributed by atoms with E-state index in [1.165, 1.54) is 29.3 Å². The van der Waals surface area contributed by atoms with Gasteiger partial charge in [-0.1, -0.05) is 30.3 Å². The van der Waals surface area contributed by atoms with Crippen molar-refractivity contribution >= 4 is 23.5 Å². The van der Waals surface area contributed by atoms with Crippen molar-refractivity contribution in [3.05, 3.63) is 71.3 Å². The van der Waals surface area contributed by atoms with Crippen LogP contribution in [0, 0.1) is 0 Å². The monoisotopic (exact) mass is 351 g/mol. The number of nitrogens with zero attached hydrogens (tertiary/aromatic N) is 2. The number of hydrogen-bond donors (Lipinski definition) is 1. The van der Waals surface area contributed by atoms with E-state index in [1.54, 1.807) is 0 Å². The van der Waals surface area contributed by atoms with Crippen LogP contribution in [0.4, 0.5) is 0 Å². The molecule has 0 radical (unpaired) electrons. The third-order valence-electron chi connectivity index (χ3n) is 3.93. The van der Waals surface area contributed by atoms with Gasteiger partial charge < -0.3 is 10.5 Å². The van der Waals surface area contributed by atoms with Gasteiger partial charge in [0.15, 0.2) is 6.61 Å². The van der Waals surface area contributed by atoms with Crippen LogP contribution in [0.5, 0.6) is 0 Å². The van der Waals surface area contributed by atoms with Gasteiger partial charge in [0.25, 0.3) is 5.91 Å². The van der Waals surface area contributed by atoms with Crippen LogP contribution in [0.2, 0.25) is 0 Å². The van der Waals surface area contributed by atoms with Crippen molar-refractivity contribution in [2.45, 2.75) is 6.42 Å².